The number of ether oxygens (including phenoxy) is 2. The van der Waals surface area contributed by atoms with Crippen molar-refractivity contribution in [1.82, 2.24) is 4.98 Å². The monoisotopic (exact) mass is 426 g/mol. The number of fused-ring (bicyclic) bond motifs is 2. The molecular weight excluding hydrogens is 412 g/mol. The van der Waals surface area contributed by atoms with Crippen LogP contribution in [-0.2, 0) is 6.54 Å². The fourth-order valence-electron chi connectivity index (χ4n) is 3.23. The van der Waals surface area contributed by atoms with Gasteiger partial charge in [-0.1, -0.05) is 22.9 Å². The lowest BCUT2D eigenvalue weighted by molar-refractivity contribution is 0.0983. The third kappa shape index (κ3) is 3.32. The largest absolute Gasteiger partial charge is 0.467 e. The fourth-order valence-corrected chi connectivity index (χ4v) is 4.65. The summed E-state index contributed by atoms with van der Waals surface area (Å²) in [6.45, 7) is 2.36. The molecule has 0 N–H and O–H groups in total. The van der Waals surface area contributed by atoms with Crippen molar-refractivity contribution >= 4 is 44.2 Å². The lowest BCUT2D eigenvalue weighted by Gasteiger charge is -2.19. The first-order valence-corrected chi connectivity index (χ1v) is 10.1. The van der Waals surface area contributed by atoms with E-state index in [4.69, 9.17) is 30.5 Å². The molecule has 1 aliphatic rings. The van der Waals surface area contributed by atoms with Crippen molar-refractivity contribution in [2.45, 2.75) is 13.5 Å². The second kappa shape index (κ2) is 7.09. The van der Waals surface area contributed by atoms with Crippen molar-refractivity contribution in [3.05, 3.63) is 70.6 Å². The Balaban J connectivity index is 1.58. The fraction of sp³-hybridized carbons (Fsp3) is 0.143. The van der Waals surface area contributed by atoms with Crippen molar-refractivity contribution in [3.8, 4) is 11.5 Å². The summed E-state index contributed by atoms with van der Waals surface area (Å²) in [5.41, 5.74) is 2.27. The highest BCUT2D eigenvalue weighted by Gasteiger charge is 2.25. The highest BCUT2D eigenvalue weighted by molar-refractivity contribution is 7.22. The van der Waals surface area contributed by atoms with Gasteiger partial charge in [0.05, 0.1) is 23.0 Å². The van der Waals surface area contributed by atoms with E-state index < -0.39 is 0 Å². The van der Waals surface area contributed by atoms with Crippen LogP contribution in [0.2, 0.25) is 5.02 Å². The standard InChI is InChI=1S/C21H15ClN2O4S/c1-12-7-14(22)9-18-19(12)23-21(29-18)24(10-15-3-2-6-26-15)20(25)13-4-5-16-17(8-13)28-11-27-16/h2-9H,10-11H2,1H3. The highest BCUT2D eigenvalue weighted by Crippen LogP contribution is 2.36. The number of nitrogens with zero attached hydrogens (tertiary/aromatic N) is 2. The summed E-state index contributed by atoms with van der Waals surface area (Å²) in [6.07, 6.45) is 1.58. The van der Waals surface area contributed by atoms with Gasteiger partial charge in [0.1, 0.15) is 5.76 Å². The summed E-state index contributed by atoms with van der Waals surface area (Å²) in [7, 11) is 0. The van der Waals surface area contributed by atoms with E-state index in [1.54, 1.807) is 35.4 Å². The molecule has 0 bridgehead atoms. The van der Waals surface area contributed by atoms with Gasteiger partial charge < -0.3 is 13.9 Å². The van der Waals surface area contributed by atoms with Crippen molar-refractivity contribution in [1.29, 1.82) is 0 Å². The Kier molecular flexibility index (Phi) is 4.41. The van der Waals surface area contributed by atoms with E-state index in [-0.39, 0.29) is 19.2 Å². The molecule has 29 heavy (non-hydrogen) atoms. The number of benzene rings is 2. The zero-order valence-corrected chi connectivity index (χ0v) is 16.9. The first-order chi connectivity index (χ1) is 14.1. The number of thiazole rings is 1. The maximum Gasteiger partial charge on any atom is 0.260 e. The molecule has 8 heteroatoms. The summed E-state index contributed by atoms with van der Waals surface area (Å²) in [6, 6.07) is 12.5. The Morgan fingerprint density at radius 3 is 2.90 bits per heavy atom. The van der Waals surface area contributed by atoms with Crippen LogP contribution < -0.4 is 14.4 Å². The van der Waals surface area contributed by atoms with Gasteiger partial charge in [-0.05, 0) is 55.0 Å². The molecule has 0 spiro atoms. The molecule has 6 nitrogen and oxygen atoms in total. The van der Waals surface area contributed by atoms with Crippen molar-refractivity contribution in [3.63, 3.8) is 0 Å². The molecule has 1 aliphatic heterocycles. The van der Waals surface area contributed by atoms with Crippen LogP contribution in [-0.4, -0.2) is 17.7 Å². The summed E-state index contributed by atoms with van der Waals surface area (Å²) >= 11 is 7.61. The topological polar surface area (TPSA) is 64.8 Å². The maximum absolute atomic E-state index is 13.4. The molecule has 0 saturated carbocycles. The zero-order chi connectivity index (χ0) is 20.0. The summed E-state index contributed by atoms with van der Waals surface area (Å²) in [5, 5.41) is 1.22. The molecular formula is C21H15ClN2O4S. The van der Waals surface area contributed by atoms with Crippen LogP contribution in [0.4, 0.5) is 5.13 Å². The lowest BCUT2D eigenvalue weighted by atomic mass is 10.1. The van der Waals surface area contributed by atoms with Gasteiger partial charge in [-0.15, -0.1) is 0 Å². The van der Waals surface area contributed by atoms with Gasteiger partial charge in [-0.25, -0.2) is 4.98 Å². The number of halogens is 1. The number of anilines is 1. The number of furan rings is 1. The van der Waals surface area contributed by atoms with E-state index in [0.717, 1.165) is 15.8 Å². The molecule has 0 fully saturated rings. The third-order valence-electron chi connectivity index (χ3n) is 4.63. The Bertz CT molecular complexity index is 1220. The number of hydrogen-bond donors (Lipinski definition) is 0. The summed E-state index contributed by atoms with van der Waals surface area (Å²) in [5.74, 6) is 1.64. The van der Waals surface area contributed by atoms with E-state index in [2.05, 4.69) is 0 Å². The molecule has 0 saturated heterocycles. The van der Waals surface area contributed by atoms with Gasteiger partial charge in [0.25, 0.3) is 5.91 Å². The number of carbonyl (C=O) groups excluding carboxylic acids is 1. The molecule has 0 radical (unpaired) electrons. The van der Waals surface area contributed by atoms with Gasteiger partial charge >= 0.3 is 0 Å². The first kappa shape index (κ1) is 18.0. The molecule has 3 heterocycles. The van der Waals surface area contributed by atoms with Crippen molar-refractivity contribution in [2.24, 2.45) is 0 Å². The second-order valence-corrected chi connectivity index (χ2v) is 8.05. The van der Waals surface area contributed by atoms with E-state index >= 15 is 0 Å². The quantitative estimate of drug-likeness (QED) is 0.435. The predicted octanol–water partition coefficient (Wildman–Crippen LogP) is 5.43. The number of hydrogen-bond acceptors (Lipinski definition) is 6. The van der Waals surface area contributed by atoms with Crippen LogP contribution in [0.3, 0.4) is 0 Å². The van der Waals surface area contributed by atoms with Crippen LogP contribution in [0.15, 0.2) is 53.1 Å². The number of amides is 1. The number of aryl methyl sites for hydroxylation is 1. The van der Waals surface area contributed by atoms with Gasteiger partial charge in [-0.2, -0.15) is 0 Å². The van der Waals surface area contributed by atoms with Crippen LogP contribution in [0.5, 0.6) is 11.5 Å². The lowest BCUT2D eigenvalue weighted by Crippen LogP contribution is -2.30. The molecule has 1 amide bonds. The average Bonchev–Trinajstić information content (AvgIpc) is 3.44. The van der Waals surface area contributed by atoms with E-state index in [1.165, 1.54) is 11.3 Å². The molecule has 4 aromatic rings. The number of carbonyl (C=O) groups is 1. The minimum absolute atomic E-state index is 0.154. The zero-order valence-electron chi connectivity index (χ0n) is 15.3. The first-order valence-electron chi connectivity index (χ1n) is 8.89. The molecule has 5 rings (SSSR count). The number of aromatic nitrogens is 1. The van der Waals surface area contributed by atoms with E-state index in [1.807, 2.05) is 25.1 Å². The summed E-state index contributed by atoms with van der Waals surface area (Å²) < 4.78 is 17.2. The minimum Gasteiger partial charge on any atom is -0.467 e. The molecule has 0 atom stereocenters. The Morgan fingerprint density at radius 1 is 1.21 bits per heavy atom. The summed E-state index contributed by atoms with van der Waals surface area (Å²) in [4.78, 5) is 19.8. The van der Waals surface area contributed by atoms with E-state index in [9.17, 15) is 4.79 Å². The van der Waals surface area contributed by atoms with Gasteiger partial charge in [0.2, 0.25) is 6.79 Å². The molecule has 0 aliphatic carbocycles. The highest BCUT2D eigenvalue weighted by atomic mass is 35.5. The normalized spacial score (nSPS) is 12.5. The molecule has 0 unspecified atom stereocenters. The molecule has 2 aromatic heterocycles. The van der Waals surface area contributed by atoms with Crippen LogP contribution in [0, 0.1) is 6.92 Å². The number of rotatable bonds is 4. The SMILES string of the molecule is Cc1cc(Cl)cc2sc(N(Cc3ccco3)C(=O)c3ccc4c(c3)OCO4)nc12. The molecule has 2 aromatic carbocycles. The van der Waals surface area contributed by atoms with Crippen LogP contribution >= 0.6 is 22.9 Å². The molecule has 146 valence electrons. The Morgan fingerprint density at radius 2 is 2.07 bits per heavy atom. The maximum atomic E-state index is 13.4. The second-order valence-electron chi connectivity index (χ2n) is 6.60. The van der Waals surface area contributed by atoms with E-state index in [0.29, 0.717) is 33.0 Å². The average molecular weight is 427 g/mol. The third-order valence-corrected chi connectivity index (χ3v) is 5.87. The van der Waals surface area contributed by atoms with Gasteiger partial charge in [0.15, 0.2) is 16.6 Å². The van der Waals surface area contributed by atoms with Crippen molar-refractivity contribution < 1.29 is 18.7 Å². The van der Waals surface area contributed by atoms with Gasteiger partial charge in [-0.3, -0.25) is 9.69 Å². The van der Waals surface area contributed by atoms with Crippen LogP contribution in [0.1, 0.15) is 21.7 Å². The Hall–Kier alpha value is -3.03. The Labute approximate surface area is 175 Å². The van der Waals surface area contributed by atoms with Crippen LogP contribution in [0.25, 0.3) is 10.2 Å². The smallest absolute Gasteiger partial charge is 0.260 e. The van der Waals surface area contributed by atoms with Gasteiger partial charge in [0, 0.05) is 10.6 Å². The minimum atomic E-state index is -0.206. The predicted molar refractivity (Wildman–Crippen MR) is 111 cm³/mol. The van der Waals surface area contributed by atoms with Crippen molar-refractivity contribution in [2.75, 3.05) is 11.7 Å².